The number of hydrogen-bond acceptors (Lipinski definition) is 4. The molecule has 4 unspecified atom stereocenters. The van der Waals surface area contributed by atoms with E-state index in [1.165, 1.54) is 10.5 Å². The van der Waals surface area contributed by atoms with E-state index in [1.807, 2.05) is 32.5 Å². The zero-order chi connectivity index (χ0) is 23.8. The van der Waals surface area contributed by atoms with Crippen LogP contribution in [-0.2, 0) is 4.74 Å². The summed E-state index contributed by atoms with van der Waals surface area (Å²) in [5.41, 5.74) is 1.15. The van der Waals surface area contributed by atoms with Crippen LogP contribution in [0.5, 0.6) is 0 Å². The maximum absolute atomic E-state index is 9.04. The minimum atomic E-state index is -2.14. The second-order valence-corrected chi connectivity index (χ2v) is 11.1. The van der Waals surface area contributed by atoms with Gasteiger partial charge < -0.3 is 10.1 Å². The molecule has 154 valence electrons. The van der Waals surface area contributed by atoms with Crippen molar-refractivity contribution in [2.75, 3.05) is 12.3 Å². The Hall–Kier alpha value is -0.740. The van der Waals surface area contributed by atoms with Crippen LogP contribution in [0.15, 0.2) is 27.3 Å². The molecule has 0 radical (unpaired) electrons. The molecular formula is C24H36N2OS. The second kappa shape index (κ2) is 7.19. The summed E-state index contributed by atoms with van der Waals surface area (Å²) in [6, 6.07) is 0.0754. The number of nitrogens with one attached hydrogen (secondary N) is 1. The third-order valence-corrected chi connectivity index (χ3v) is 8.23. The van der Waals surface area contributed by atoms with Crippen LogP contribution in [0.1, 0.15) is 73.0 Å². The number of allylic oxidation sites excluding steroid dienone is 1. The van der Waals surface area contributed by atoms with Crippen LogP contribution in [0.25, 0.3) is 0 Å². The van der Waals surface area contributed by atoms with Crippen molar-refractivity contribution in [1.29, 1.82) is 0 Å². The Morgan fingerprint density at radius 3 is 3.07 bits per heavy atom. The summed E-state index contributed by atoms with van der Waals surface area (Å²) in [5, 5.41) is 3.72. The molecule has 0 bridgehead atoms. The monoisotopic (exact) mass is 405 g/mol. The molecule has 0 spiro atoms. The minimum absolute atomic E-state index is 0.0658. The molecule has 0 amide bonds. The van der Waals surface area contributed by atoms with E-state index in [9.17, 15) is 0 Å². The van der Waals surface area contributed by atoms with Crippen LogP contribution >= 0.6 is 11.8 Å². The van der Waals surface area contributed by atoms with Gasteiger partial charge in [0.15, 0.2) is 6.23 Å². The molecule has 28 heavy (non-hydrogen) atoms. The summed E-state index contributed by atoms with van der Waals surface area (Å²) in [5.74, 6) is 2.47. The van der Waals surface area contributed by atoms with Crippen molar-refractivity contribution in [2.24, 2.45) is 34.1 Å². The zero-order valence-electron chi connectivity index (χ0n) is 22.3. The van der Waals surface area contributed by atoms with E-state index in [4.69, 9.17) is 11.6 Å². The molecule has 3 nitrogen and oxygen atoms in total. The summed E-state index contributed by atoms with van der Waals surface area (Å²) in [6.45, 7) is 4.68. The Balaban J connectivity index is 1.50. The van der Waals surface area contributed by atoms with Gasteiger partial charge in [-0.3, -0.25) is 4.99 Å². The molecule has 0 aromatic rings. The highest BCUT2D eigenvalue weighted by molar-refractivity contribution is 8.03. The standard InChI is InChI=1S/C24H36N2OS/c1-14-8-9-17-16-6-5-7-18(22(16)27-23(17)26-14)21-20-15(12-24(2,3)4)13-28-19(20)10-11-25-21/h10,15-17,20-21,23,25H,5-9,11-13H2,1-4H3/t15?,16-,17?,20?,21-,23?/m0/s1/i1D3,12D2. The maximum Gasteiger partial charge on any atom is 0.192 e. The highest BCUT2D eigenvalue weighted by atomic mass is 32.2. The predicted molar refractivity (Wildman–Crippen MR) is 118 cm³/mol. The summed E-state index contributed by atoms with van der Waals surface area (Å²) in [6.07, 6.45) is 5.05. The number of ether oxygens (including phenoxy) is 1. The molecule has 4 heteroatoms. The lowest BCUT2D eigenvalue weighted by Crippen LogP contribution is -2.45. The lowest BCUT2D eigenvalue weighted by Gasteiger charge is -2.39. The van der Waals surface area contributed by atoms with Crippen molar-refractivity contribution >= 4 is 17.5 Å². The van der Waals surface area contributed by atoms with E-state index in [0.29, 0.717) is 18.1 Å². The SMILES string of the molecule is [2H]C([2H])([2H])C1=NC2OC3=C([C@@H]4NCC=C5SCC(C([2H])([2H])C(C)(C)C)C54)CCC[C@H]3C2CC1. The van der Waals surface area contributed by atoms with Crippen LogP contribution in [-0.4, -0.2) is 30.3 Å². The molecule has 1 aliphatic carbocycles. The number of fused-ring (bicyclic) bond motifs is 4. The van der Waals surface area contributed by atoms with Crippen molar-refractivity contribution in [3.63, 3.8) is 0 Å². The number of nitrogens with zero attached hydrogens (tertiary/aromatic N) is 1. The number of rotatable bonds is 2. The smallest absolute Gasteiger partial charge is 0.192 e. The molecule has 2 fully saturated rings. The Morgan fingerprint density at radius 1 is 1.36 bits per heavy atom. The molecule has 0 saturated carbocycles. The molecule has 2 saturated heterocycles. The van der Waals surface area contributed by atoms with Gasteiger partial charge in [-0.15, -0.1) is 11.8 Å². The predicted octanol–water partition coefficient (Wildman–Crippen LogP) is 5.54. The van der Waals surface area contributed by atoms with E-state index in [1.54, 1.807) is 0 Å². The highest BCUT2D eigenvalue weighted by Crippen LogP contribution is 2.53. The van der Waals surface area contributed by atoms with Gasteiger partial charge in [0.05, 0.1) is 0 Å². The third kappa shape index (κ3) is 3.39. The molecule has 4 aliphatic heterocycles. The molecule has 4 heterocycles. The quantitative estimate of drug-likeness (QED) is 0.655. The van der Waals surface area contributed by atoms with Gasteiger partial charge in [-0.1, -0.05) is 26.8 Å². The topological polar surface area (TPSA) is 33.6 Å². The van der Waals surface area contributed by atoms with Crippen molar-refractivity contribution in [3.8, 4) is 0 Å². The molecule has 6 atom stereocenters. The number of thioether (sulfide) groups is 1. The fourth-order valence-corrected chi connectivity index (χ4v) is 7.26. The minimum Gasteiger partial charge on any atom is -0.472 e. The van der Waals surface area contributed by atoms with Gasteiger partial charge in [0.25, 0.3) is 0 Å². The Labute approximate surface area is 181 Å². The van der Waals surface area contributed by atoms with Crippen LogP contribution in [0.3, 0.4) is 0 Å². The fourth-order valence-electron chi connectivity index (χ4n) is 5.91. The summed E-state index contributed by atoms with van der Waals surface area (Å²) in [4.78, 5) is 5.90. The number of aliphatic imine (C=N–C) groups is 1. The first-order chi connectivity index (χ1) is 15.4. The van der Waals surface area contributed by atoms with Crippen LogP contribution < -0.4 is 5.32 Å². The summed E-state index contributed by atoms with van der Waals surface area (Å²) >= 11 is 1.83. The average molecular weight is 406 g/mol. The lowest BCUT2D eigenvalue weighted by atomic mass is 9.71. The first-order valence-corrected chi connectivity index (χ1v) is 11.9. The molecule has 5 aliphatic rings. The van der Waals surface area contributed by atoms with Gasteiger partial charge >= 0.3 is 0 Å². The van der Waals surface area contributed by atoms with Crippen molar-refractivity contribution in [2.45, 2.75) is 78.4 Å². The molecule has 0 aromatic carbocycles. The second-order valence-electron chi connectivity index (χ2n) is 10.0. The Kier molecular flexibility index (Phi) is 3.67. The van der Waals surface area contributed by atoms with Crippen LogP contribution in [0, 0.1) is 29.1 Å². The first kappa shape index (κ1) is 14.3. The van der Waals surface area contributed by atoms with Crippen molar-refractivity contribution in [1.82, 2.24) is 5.32 Å². The van der Waals surface area contributed by atoms with Crippen molar-refractivity contribution < 1.29 is 11.6 Å². The maximum atomic E-state index is 9.04. The van der Waals surface area contributed by atoms with E-state index >= 15 is 0 Å². The van der Waals surface area contributed by atoms with E-state index in [-0.39, 0.29) is 30.0 Å². The third-order valence-electron chi connectivity index (χ3n) is 6.93. The van der Waals surface area contributed by atoms with E-state index in [0.717, 1.165) is 43.7 Å². The van der Waals surface area contributed by atoms with Gasteiger partial charge in [-0.2, -0.15) is 0 Å². The molecule has 1 N–H and O–H groups in total. The Bertz CT molecular complexity index is 904. The van der Waals surface area contributed by atoms with E-state index in [2.05, 4.69) is 16.4 Å². The van der Waals surface area contributed by atoms with Gasteiger partial charge in [-0.05, 0) is 67.1 Å². The lowest BCUT2D eigenvalue weighted by molar-refractivity contribution is 0.126. The molecule has 0 aromatic heterocycles. The largest absolute Gasteiger partial charge is 0.472 e. The van der Waals surface area contributed by atoms with Crippen LogP contribution in [0.4, 0.5) is 0 Å². The fraction of sp³-hybridized carbons (Fsp3) is 0.792. The number of hydrogen-bond donors (Lipinski definition) is 1. The first-order valence-electron chi connectivity index (χ1n) is 13.4. The average Bonchev–Trinajstić information content (AvgIpc) is 3.33. The molecular weight excluding hydrogens is 364 g/mol. The Morgan fingerprint density at radius 2 is 2.25 bits per heavy atom. The normalized spacial score (nSPS) is 43.9. The van der Waals surface area contributed by atoms with Gasteiger partial charge in [0, 0.05) is 48.7 Å². The van der Waals surface area contributed by atoms with Crippen LogP contribution in [0.2, 0.25) is 0 Å². The van der Waals surface area contributed by atoms with Crippen molar-refractivity contribution in [3.05, 3.63) is 22.3 Å². The summed E-state index contributed by atoms with van der Waals surface area (Å²) < 4.78 is 47.9. The highest BCUT2D eigenvalue weighted by Gasteiger charge is 2.49. The van der Waals surface area contributed by atoms with Gasteiger partial charge in [-0.25, -0.2) is 0 Å². The molecule has 5 rings (SSSR count). The van der Waals surface area contributed by atoms with Gasteiger partial charge in [0.2, 0.25) is 0 Å². The van der Waals surface area contributed by atoms with Gasteiger partial charge in [0.1, 0.15) is 5.76 Å². The summed E-state index contributed by atoms with van der Waals surface area (Å²) in [7, 11) is 0. The van der Waals surface area contributed by atoms with E-state index < -0.39 is 18.6 Å². The zero-order valence-corrected chi connectivity index (χ0v) is 18.1.